The predicted octanol–water partition coefficient (Wildman–Crippen LogP) is 4.55. The van der Waals surface area contributed by atoms with Crippen molar-refractivity contribution >= 4 is 57.6 Å². The van der Waals surface area contributed by atoms with Crippen LogP contribution in [0.15, 0.2) is 57.5 Å². The van der Waals surface area contributed by atoms with Gasteiger partial charge in [0.15, 0.2) is 4.80 Å². The first kappa shape index (κ1) is 26.4. The lowest BCUT2D eigenvalue weighted by Crippen LogP contribution is -2.40. The smallest absolute Gasteiger partial charge is 0.338 e. The van der Waals surface area contributed by atoms with E-state index in [4.69, 9.17) is 26.1 Å². The van der Waals surface area contributed by atoms with E-state index < -0.39 is 12.0 Å². The Morgan fingerprint density at radius 2 is 2.06 bits per heavy atom. The minimum absolute atomic E-state index is 0.0333. The summed E-state index contributed by atoms with van der Waals surface area (Å²) in [6, 6.07) is 9.74. The van der Waals surface area contributed by atoms with Crippen LogP contribution in [0.25, 0.3) is 6.08 Å². The molecule has 0 fully saturated rings. The number of fused-ring (bicyclic) bond motifs is 1. The minimum atomic E-state index is -0.784. The zero-order valence-electron chi connectivity index (χ0n) is 19.9. The highest BCUT2D eigenvalue weighted by Gasteiger charge is 2.35. The minimum Gasteiger partial charge on any atom is -0.506 e. The van der Waals surface area contributed by atoms with Crippen LogP contribution >= 0.6 is 45.5 Å². The molecule has 36 heavy (non-hydrogen) atoms. The summed E-state index contributed by atoms with van der Waals surface area (Å²) in [5, 5.41) is 11.0. The van der Waals surface area contributed by atoms with Gasteiger partial charge in [-0.25, -0.2) is 9.79 Å². The van der Waals surface area contributed by atoms with Crippen LogP contribution in [-0.4, -0.2) is 29.4 Å². The fraction of sp³-hybridized carbons (Fsp3) is 0.269. The molecule has 0 spiro atoms. The number of benzene rings is 2. The zero-order valence-corrected chi connectivity index (χ0v) is 23.6. The van der Waals surface area contributed by atoms with E-state index >= 15 is 0 Å². The summed E-state index contributed by atoms with van der Waals surface area (Å²) >= 11 is 9.37. The lowest BCUT2D eigenvalue weighted by Gasteiger charge is -2.26. The van der Waals surface area contributed by atoms with E-state index in [9.17, 15) is 14.7 Å². The SMILES string of the molecule is CCCC1=C(C(=O)OCC)[C@@H](c2ccccc2OC)n2c(s/c(=C\c3cc(Cl)cc(I)c3O)c2=O)=N1. The first-order chi connectivity index (χ1) is 17.3. The number of phenols is 1. The Labute approximate surface area is 230 Å². The third kappa shape index (κ3) is 4.96. The molecule has 1 aliphatic rings. The molecule has 0 radical (unpaired) electrons. The summed E-state index contributed by atoms with van der Waals surface area (Å²) in [4.78, 5) is 32.3. The Balaban J connectivity index is 2.05. The number of aromatic nitrogens is 1. The number of allylic oxidation sites excluding steroid dienone is 1. The van der Waals surface area contributed by atoms with Gasteiger partial charge >= 0.3 is 5.97 Å². The van der Waals surface area contributed by atoms with E-state index in [0.29, 0.717) is 52.5 Å². The molecule has 2 heterocycles. The van der Waals surface area contributed by atoms with E-state index in [2.05, 4.69) is 0 Å². The van der Waals surface area contributed by atoms with Crippen molar-refractivity contribution in [3.8, 4) is 11.5 Å². The first-order valence-corrected chi connectivity index (χ1v) is 13.6. The van der Waals surface area contributed by atoms with Crippen molar-refractivity contribution in [2.24, 2.45) is 4.99 Å². The van der Waals surface area contributed by atoms with Crippen molar-refractivity contribution in [3.63, 3.8) is 0 Å². The summed E-state index contributed by atoms with van der Waals surface area (Å²) in [7, 11) is 1.55. The van der Waals surface area contributed by atoms with E-state index in [1.54, 1.807) is 38.3 Å². The molecule has 1 aromatic heterocycles. The molecule has 1 N–H and O–H groups in total. The number of hydrogen-bond acceptors (Lipinski definition) is 7. The number of ether oxygens (including phenoxy) is 2. The number of carbonyl (C=O) groups excluding carboxylic acids is 1. The zero-order chi connectivity index (χ0) is 26.0. The van der Waals surface area contributed by atoms with Gasteiger partial charge in [-0.3, -0.25) is 9.36 Å². The topological polar surface area (TPSA) is 90.1 Å². The molecule has 0 bridgehead atoms. The van der Waals surface area contributed by atoms with Crippen LogP contribution in [0.4, 0.5) is 0 Å². The second-order valence-electron chi connectivity index (χ2n) is 7.98. The normalized spacial score (nSPS) is 15.5. The third-order valence-electron chi connectivity index (χ3n) is 5.67. The lowest BCUT2D eigenvalue weighted by atomic mass is 9.93. The summed E-state index contributed by atoms with van der Waals surface area (Å²) in [5.74, 6) is 0.0570. The van der Waals surface area contributed by atoms with Gasteiger partial charge in [0, 0.05) is 16.1 Å². The van der Waals surface area contributed by atoms with Gasteiger partial charge in [-0.05, 0) is 60.2 Å². The summed E-state index contributed by atoms with van der Waals surface area (Å²) < 4.78 is 13.5. The van der Waals surface area contributed by atoms with Gasteiger partial charge in [-0.2, -0.15) is 0 Å². The van der Waals surface area contributed by atoms with Gasteiger partial charge in [0.25, 0.3) is 5.56 Å². The molecular formula is C26H24ClIN2O5S. The number of esters is 1. The second kappa shape index (κ2) is 11.2. The fourth-order valence-electron chi connectivity index (χ4n) is 4.14. The molecular weight excluding hydrogens is 615 g/mol. The standard InChI is InChI=1S/C26H24ClIN2O5S/c1-4-8-18-21(25(33)35-5-2)22(16-9-6-7-10-19(16)34-3)30-24(32)20(36-26(30)29-18)12-14-11-15(27)13-17(28)23(14)31/h6-7,9-13,22,31H,4-5,8H2,1-3H3/b20-12-/t22-/m1/s1. The molecule has 10 heteroatoms. The molecule has 1 aliphatic heterocycles. The van der Waals surface area contributed by atoms with Crippen molar-refractivity contribution in [3.05, 3.63) is 87.1 Å². The maximum atomic E-state index is 13.8. The molecule has 3 aromatic rings. The van der Waals surface area contributed by atoms with Gasteiger partial charge in [0.2, 0.25) is 0 Å². The molecule has 4 rings (SSSR count). The van der Waals surface area contributed by atoms with Crippen LogP contribution in [0.3, 0.4) is 0 Å². The lowest BCUT2D eigenvalue weighted by molar-refractivity contribution is -0.139. The molecule has 0 saturated heterocycles. The average molecular weight is 639 g/mol. The number of halogens is 2. The average Bonchev–Trinajstić information content (AvgIpc) is 3.16. The van der Waals surface area contributed by atoms with Crippen LogP contribution < -0.4 is 19.6 Å². The van der Waals surface area contributed by atoms with Gasteiger partial charge in [0.1, 0.15) is 17.5 Å². The van der Waals surface area contributed by atoms with Gasteiger partial charge < -0.3 is 14.6 Å². The molecule has 7 nitrogen and oxygen atoms in total. The Hall–Kier alpha value is -2.63. The van der Waals surface area contributed by atoms with E-state index in [-0.39, 0.29) is 17.9 Å². The van der Waals surface area contributed by atoms with Crippen molar-refractivity contribution in [1.29, 1.82) is 0 Å². The Morgan fingerprint density at radius 1 is 1.31 bits per heavy atom. The van der Waals surface area contributed by atoms with Crippen LogP contribution in [-0.2, 0) is 9.53 Å². The van der Waals surface area contributed by atoms with E-state index in [1.165, 1.54) is 15.9 Å². The number of hydrogen-bond donors (Lipinski definition) is 1. The number of nitrogens with zero attached hydrogens (tertiary/aromatic N) is 2. The van der Waals surface area contributed by atoms with Crippen molar-refractivity contribution in [2.45, 2.75) is 32.7 Å². The number of aromatic hydroxyl groups is 1. The summed E-state index contributed by atoms with van der Waals surface area (Å²) in [5.41, 5.74) is 1.63. The van der Waals surface area contributed by atoms with Crippen LogP contribution in [0, 0.1) is 3.57 Å². The summed E-state index contributed by atoms with van der Waals surface area (Å²) in [6.45, 7) is 3.93. The highest BCUT2D eigenvalue weighted by molar-refractivity contribution is 14.1. The van der Waals surface area contributed by atoms with Gasteiger partial charge in [0.05, 0.1) is 33.1 Å². The molecule has 2 aromatic carbocycles. The van der Waals surface area contributed by atoms with Crippen LogP contribution in [0.2, 0.25) is 5.02 Å². The monoisotopic (exact) mass is 638 g/mol. The first-order valence-electron chi connectivity index (χ1n) is 11.3. The molecule has 188 valence electrons. The Kier molecular flexibility index (Phi) is 8.21. The predicted molar refractivity (Wildman–Crippen MR) is 148 cm³/mol. The fourth-order valence-corrected chi connectivity index (χ4v) is 6.21. The number of rotatable bonds is 7. The Morgan fingerprint density at radius 3 is 2.75 bits per heavy atom. The van der Waals surface area contributed by atoms with Crippen molar-refractivity contribution in [1.82, 2.24) is 4.57 Å². The van der Waals surface area contributed by atoms with Crippen LogP contribution in [0.1, 0.15) is 43.9 Å². The summed E-state index contributed by atoms with van der Waals surface area (Å²) in [6.07, 6.45) is 2.89. The molecule has 0 aliphatic carbocycles. The molecule has 0 unspecified atom stereocenters. The van der Waals surface area contributed by atoms with Crippen LogP contribution in [0.5, 0.6) is 11.5 Å². The van der Waals surface area contributed by atoms with E-state index in [0.717, 1.165) is 6.42 Å². The number of para-hydroxylation sites is 1. The highest BCUT2D eigenvalue weighted by Crippen LogP contribution is 2.37. The third-order valence-corrected chi connectivity index (χ3v) is 7.69. The largest absolute Gasteiger partial charge is 0.506 e. The number of thiazole rings is 1. The molecule has 0 saturated carbocycles. The van der Waals surface area contributed by atoms with Crippen molar-refractivity contribution in [2.75, 3.05) is 13.7 Å². The van der Waals surface area contributed by atoms with Crippen molar-refractivity contribution < 1.29 is 19.4 Å². The second-order valence-corrected chi connectivity index (χ2v) is 10.6. The molecule has 1 atom stereocenters. The Bertz CT molecular complexity index is 1540. The van der Waals surface area contributed by atoms with Gasteiger partial charge in [-0.15, -0.1) is 0 Å². The highest BCUT2D eigenvalue weighted by atomic mass is 127. The quantitative estimate of drug-likeness (QED) is 0.303. The maximum absolute atomic E-state index is 13.8. The number of phenolic OH excluding ortho intramolecular Hbond substituents is 1. The van der Waals surface area contributed by atoms with Gasteiger partial charge in [-0.1, -0.05) is 54.5 Å². The maximum Gasteiger partial charge on any atom is 0.338 e. The number of methoxy groups -OCH3 is 1. The van der Waals surface area contributed by atoms with E-state index in [1.807, 2.05) is 47.7 Å². The number of carbonyl (C=O) groups is 1. The molecule has 0 amide bonds.